The molecule has 2 aromatic rings. The van der Waals surface area contributed by atoms with Gasteiger partial charge in [-0.25, -0.2) is 8.78 Å². The second kappa shape index (κ2) is 11.2. The van der Waals surface area contributed by atoms with Crippen molar-refractivity contribution in [2.75, 3.05) is 18.4 Å². The van der Waals surface area contributed by atoms with Gasteiger partial charge in [-0.15, -0.1) is 0 Å². The van der Waals surface area contributed by atoms with Crippen molar-refractivity contribution in [1.29, 1.82) is 5.41 Å². The summed E-state index contributed by atoms with van der Waals surface area (Å²) in [5, 5.41) is 11.1. The number of benzene rings is 2. The number of likely N-dealkylation sites (tertiary alicyclic amines) is 1. The molecule has 2 aromatic carbocycles. The molecular formula is C25H26ClF5N4OS. The predicted octanol–water partition coefficient (Wildman–Crippen LogP) is 6.64. The number of hydrogen-bond acceptors (Lipinski definition) is 5. The molecule has 3 N–H and O–H groups in total. The Balaban J connectivity index is 1.40. The van der Waals surface area contributed by atoms with Gasteiger partial charge in [0.05, 0.1) is 16.1 Å². The molecule has 1 aliphatic carbocycles. The summed E-state index contributed by atoms with van der Waals surface area (Å²) in [5.41, 5.74) is -0.275. The van der Waals surface area contributed by atoms with E-state index in [0.29, 0.717) is 48.5 Å². The summed E-state index contributed by atoms with van der Waals surface area (Å²) >= 11 is 6.97. The van der Waals surface area contributed by atoms with Crippen LogP contribution in [0.2, 0.25) is 5.02 Å². The second-order valence-corrected chi connectivity index (χ2v) is 10.9. The molecule has 0 bridgehead atoms. The Morgan fingerprint density at radius 3 is 2.38 bits per heavy atom. The van der Waals surface area contributed by atoms with E-state index in [4.69, 9.17) is 17.0 Å². The van der Waals surface area contributed by atoms with Crippen LogP contribution < -0.4 is 10.0 Å². The number of anilines is 1. The Morgan fingerprint density at radius 2 is 1.78 bits per heavy atom. The number of nitrogens with one attached hydrogen (secondary N) is 3. The van der Waals surface area contributed by atoms with E-state index in [1.54, 1.807) is 6.92 Å². The highest BCUT2D eigenvalue weighted by Gasteiger charge is 2.33. The van der Waals surface area contributed by atoms with Gasteiger partial charge in [-0.1, -0.05) is 11.6 Å². The third-order valence-corrected chi connectivity index (χ3v) is 7.75. The molecule has 1 amide bonds. The number of amides is 1. The SMILES string of the molecule is CC(=N)c1cc(C(=O)NSC2CC2)c(F)cc1NC1CCN(Cc2cc(C(F)(F)F)cc(Cl)c2F)CC1. The highest BCUT2D eigenvalue weighted by molar-refractivity contribution is 7.98. The van der Waals surface area contributed by atoms with Crippen LogP contribution in [0.3, 0.4) is 0 Å². The number of piperidine rings is 1. The Labute approximate surface area is 220 Å². The maximum Gasteiger partial charge on any atom is 0.416 e. The van der Waals surface area contributed by atoms with E-state index in [1.165, 1.54) is 24.1 Å². The molecule has 200 valence electrons. The molecule has 0 aromatic heterocycles. The molecule has 1 aliphatic heterocycles. The van der Waals surface area contributed by atoms with Gasteiger partial charge in [0, 0.05) is 53.5 Å². The van der Waals surface area contributed by atoms with E-state index in [-0.39, 0.29) is 29.4 Å². The van der Waals surface area contributed by atoms with Gasteiger partial charge in [0.2, 0.25) is 0 Å². The minimum atomic E-state index is -4.63. The molecule has 2 fully saturated rings. The van der Waals surface area contributed by atoms with Gasteiger partial charge < -0.3 is 10.7 Å². The number of halogens is 6. The summed E-state index contributed by atoms with van der Waals surface area (Å²) in [7, 11) is 0. The molecule has 37 heavy (non-hydrogen) atoms. The molecule has 5 nitrogen and oxygen atoms in total. The van der Waals surface area contributed by atoms with Crippen molar-refractivity contribution in [1.82, 2.24) is 9.62 Å². The van der Waals surface area contributed by atoms with E-state index < -0.39 is 34.3 Å². The summed E-state index contributed by atoms with van der Waals surface area (Å²) < 4.78 is 71.2. The molecule has 0 atom stereocenters. The van der Waals surface area contributed by atoms with E-state index in [1.807, 2.05) is 4.90 Å². The van der Waals surface area contributed by atoms with E-state index in [2.05, 4.69) is 10.0 Å². The zero-order valence-electron chi connectivity index (χ0n) is 19.9. The first-order valence-electron chi connectivity index (χ1n) is 11.8. The quantitative estimate of drug-likeness (QED) is 0.192. The van der Waals surface area contributed by atoms with Crippen LogP contribution in [-0.2, 0) is 12.7 Å². The van der Waals surface area contributed by atoms with E-state index in [9.17, 15) is 26.7 Å². The lowest BCUT2D eigenvalue weighted by Gasteiger charge is -2.33. The van der Waals surface area contributed by atoms with Gasteiger partial charge >= 0.3 is 6.18 Å². The van der Waals surface area contributed by atoms with Crippen LogP contribution in [-0.4, -0.2) is 40.9 Å². The number of hydrogen-bond donors (Lipinski definition) is 3. The zero-order chi connectivity index (χ0) is 26.9. The highest BCUT2D eigenvalue weighted by Crippen LogP contribution is 2.35. The minimum Gasteiger partial charge on any atom is -0.382 e. The first kappa shape index (κ1) is 27.7. The fourth-order valence-corrected chi connectivity index (χ4v) is 5.17. The third kappa shape index (κ3) is 6.94. The Bertz CT molecular complexity index is 1200. The van der Waals surface area contributed by atoms with Gasteiger partial charge in [-0.3, -0.25) is 14.4 Å². The van der Waals surface area contributed by atoms with E-state index >= 15 is 0 Å². The standard InChI is InChI=1S/C25H26ClF5N4OS/c1-13(32)18-10-19(24(36)34-37-17-2-3-17)21(27)11-22(18)33-16-4-6-35(7-5-16)12-14-8-15(25(29,30)31)9-20(26)23(14)28/h8-11,16-17,32-33H,2-7,12H2,1H3,(H,34,36). The van der Waals surface area contributed by atoms with Gasteiger partial charge in [0.25, 0.3) is 5.91 Å². The zero-order valence-corrected chi connectivity index (χ0v) is 21.5. The van der Waals surface area contributed by atoms with Crippen molar-refractivity contribution in [3.8, 4) is 0 Å². The summed E-state index contributed by atoms with van der Waals surface area (Å²) in [6, 6.07) is 3.86. The van der Waals surface area contributed by atoms with Crippen molar-refractivity contribution in [3.05, 3.63) is 63.2 Å². The summed E-state index contributed by atoms with van der Waals surface area (Å²) in [6.07, 6.45) is -1.47. The molecule has 1 saturated heterocycles. The maximum atomic E-state index is 14.8. The molecule has 1 heterocycles. The number of nitrogens with zero attached hydrogens (tertiary/aromatic N) is 1. The summed E-state index contributed by atoms with van der Waals surface area (Å²) in [4.78, 5) is 14.2. The Kier molecular flexibility index (Phi) is 8.35. The average Bonchev–Trinajstić information content (AvgIpc) is 3.65. The molecular weight excluding hydrogens is 535 g/mol. The fraction of sp³-hybridized carbons (Fsp3) is 0.440. The van der Waals surface area contributed by atoms with Crippen LogP contribution in [0, 0.1) is 17.0 Å². The Morgan fingerprint density at radius 1 is 1.11 bits per heavy atom. The molecule has 2 aliphatic rings. The first-order chi connectivity index (χ1) is 17.4. The van der Waals surface area contributed by atoms with Crippen molar-refractivity contribution in [2.45, 2.75) is 56.6 Å². The average molecular weight is 561 g/mol. The van der Waals surface area contributed by atoms with Crippen LogP contribution in [0.15, 0.2) is 24.3 Å². The van der Waals surface area contributed by atoms with E-state index in [0.717, 1.165) is 18.9 Å². The lowest BCUT2D eigenvalue weighted by Crippen LogP contribution is -2.39. The van der Waals surface area contributed by atoms with Crippen LogP contribution in [0.5, 0.6) is 0 Å². The smallest absolute Gasteiger partial charge is 0.382 e. The number of rotatable bonds is 8. The fourth-order valence-electron chi connectivity index (χ4n) is 4.18. The maximum absolute atomic E-state index is 14.8. The van der Waals surface area contributed by atoms with Gasteiger partial charge in [-0.05, 0) is 68.8 Å². The van der Waals surface area contributed by atoms with Gasteiger partial charge in [-0.2, -0.15) is 13.2 Å². The molecule has 0 unspecified atom stereocenters. The van der Waals surface area contributed by atoms with Crippen molar-refractivity contribution in [2.24, 2.45) is 0 Å². The first-order valence-corrected chi connectivity index (χ1v) is 13.1. The second-order valence-electron chi connectivity index (χ2n) is 9.37. The highest BCUT2D eigenvalue weighted by atomic mass is 35.5. The minimum absolute atomic E-state index is 0.0235. The largest absolute Gasteiger partial charge is 0.416 e. The van der Waals surface area contributed by atoms with Crippen LogP contribution in [0.4, 0.5) is 27.6 Å². The van der Waals surface area contributed by atoms with Gasteiger partial charge in [0.15, 0.2) is 0 Å². The summed E-state index contributed by atoms with van der Waals surface area (Å²) in [6.45, 7) is 2.46. The third-order valence-electron chi connectivity index (χ3n) is 6.37. The molecule has 1 saturated carbocycles. The summed E-state index contributed by atoms with van der Waals surface area (Å²) in [5.74, 6) is -2.11. The molecule has 0 spiro atoms. The lowest BCUT2D eigenvalue weighted by atomic mass is 10.00. The molecule has 12 heteroatoms. The van der Waals surface area contributed by atoms with Crippen molar-refractivity contribution in [3.63, 3.8) is 0 Å². The normalized spacial score (nSPS) is 17.1. The lowest BCUT2D eigenvalue weighted by molar-refractivity contribution is -0.137. The monoisotopic (exact) mass is 560 g/mol. The van der Waals surface area contributed by atoms with Crippen LogP contribution in [0.25, 0.3) is 0 Å². The number of carbonyl (C=O) groups is 1. The van der Waals surface area contributed by atoms with Gasteiger partial charge in [0.1, 0.15) is 11.6 Å². The van der Waals surface area contributed by atoms with Crippen molar-refractivity contribution >= 4 is 40.9 Å². The molecule has 4 rings (SSSR count). The topological polar surface area (TPSA) is 68.2 Å². The van der Waals surface area contributed by atoms with Crippen LogP contribution >= 0.6 is 23.5 Å². The number of carbonyl (C=O) groups excluding carboxylic acids is 1. The van der Waals surface area contributed by atoms with Crippen molar-refractivity contribution < 1.29 is 26.7 Å². The predicted molar refractivity (Wildman–Crippen MR) is 135 cm³/mol. The molecule has 0 radical (unpaired) electrons. The van der Waals surface area contributed by atoms with Crippen LogP contribution in [0.1, 0.15) is 59.7 Å². The Hall–Kier alpha value is -2.37. The number of alkyl halides is 3.